The van der Waals surface area contributed by atoms with Gasteiger partial charge in [0.15, 0.2) is 5.79 Å². The molecule has 1 aliphatic carbocycles. The molecule has 0 amide bonds. The van der Waals surface area contributed by atoms with E-state index in [-0.39, 0.29) is 18.5 Å². The van der Waals surface area contributed by atoms with Gasteiger partial charge in [0, 0.05) is 12.8 Å². The van der Waals surface area contributed by atoms with Gasteiger partial charge in [0.05, 0.1) is 19.3 Å². The molecule has 2 rings (SSSR count). The molecule has 0 radical (unpaired) electrons. The van der Waals surface area contributed by atoms with Crippen molar-refractivity contribution < 1.29 is 14.6 Å². The fourth-order valence-electron chi connectivity index (χ4n) is 2.25. The lowest BCUT2D eigenvalue weighted by atomic mass is 9.93. The van der Waals surface area contributed by atoms with E-state index in [1.807, 2.05) is 0 Å². The zero-order valence-corrected chi connectivity index (χ0v) is 8.00. The SMILES string of the molecule is OCC1CCOC2(CCCCC2)O1. The summed E-state index contributed by atoms with van der Waals surface area (Å²) in [6.07, 6.45) is 6.52. The van der Waals surface area contributed by atoms with E-state index in [1.54, 1.807) is 0 Å². The number of hydrogen-bond acceptors (Lipinski definition) is 3. The smallest absolute Gasteiger partial charge is 0.168 e. The van der Waals surface area contributed by atoms with Crippen LogP contribution in [0.15, 0.2) is 0 Å². The van der Waals surface area contributed by atoms with Gasteiger partial charge in [0.25, 0.3) is 0 Å². The van der Waals surface area contributed by atoms with E-state index >= 15 is 0 Å². The molecule has 1 aliphatic heterocycles. The molecule has 0 aromatic rings. The minimum absolute atomic E-state index is 0.00634. The number of aliphatic hydroxyl groups is 1. The van der Waals surface area contributed by atoms with Gasteiger partial charge in [0.2, 0.25) is 0 Å². The number of ether oxygens (including phenoxy) is 2. The molecule has 3 heteroatoms. The minimum atomic E-state index is -0.329. The summed E-state index contributed by atoms with van der Waals surface area (Å²) in [4.78, 5) is 0. The molecule has 1 unspecified atom stereocenters. The molecule has 1 N–H and O–H groups in total. The van der Waals surface area contributed by atoms with Crippen LogP contribution in [-0.2, 0) is 9.47 Å². The average molecular weight is 186 g/mol. The first kappa shape index (κ1) is 9.44. The average Bonchev–Trinajstić information content (AvgIpc) is 2.19. The molecular formula is C10H18O3. The van der Waals surface area contributed by atoms with Gasteiger partial charge >= 0.3 is 0 Å². The molecule has 1 spiro atoms. The van der Waals surface area contributed by atoms with Gasteiger partial charge in [-0.15, -0.1) is 0 Å². The second-order valence-electron chi connectivity index (χ2n) is 4.03. The molecular weight excluding hydrogens is 168 g/mol. The van der Waals surface area contributed by atoms with Gasteiger partial charge in [-0.2, -0.15) is 0 Å². The molecule has 13 heavy (non-hydrogen) atoms. The lowest BCUT2D eigenvalue weighted by Gasteiger charge is -2.43. The molecule has 2 fully saturated rings. The highest BCUT2D eigenvalue weighted by Gasteiger charge is 2.39. The minimum Gasteiger partial charge on any atom is -0.394 e. The molecule has 3 nitrogen and oxygen atoms in total. The van der Waals surface area contributed by atoms with E-state index in [2.05, 4.69) is 0 Å². The molecule has 76 valence electrons. The quantitative estimate of drug-likeness (QED) is 0.673. The molecule has 0 aromatic carbocycles. The Hall–Kier alpha value is -0.120. The maximum absolute atomic E-state index is 9.02. The van der Waals surface area contributed by atoms with Gasteiger partial charge in [0.1, 0.15) is 0 Å². The van der Waals surface area contributed by atoms with E-state index in [1.165, 1.54) is 19.3 Å². The number of aliphatic hydroxyl groups excluding tert-OH is 1. The van der Waals surface area contributed by atoms with Gasteiger partial charge in [-0.05, 0) is 19.3 Å². The van der Waals surface area contributed by atoms with E-state index in [0.29, 0.717) is 0 Å². The molecule has 1 atom stereocenters. The Morgan fingerprint density at radius 2 is 2.00 bits per heavy atom. The van der Waals surface area contributed by atoms with Crippen molar-refractivity contribution in [3.05, 3.63) is 0 Å². The normalized spacial score (nSPS) is 33.5. The van der Waals surface area contributed by atoms with Crippen LogP contribution in [0.2, 0.25) is 0 Å². The fraction of sp³-hybridized carbons (Fsp3) is 1.00. The van der Waals surface area contributed by atoms with Crippen LogP contribution in [0, 0.1) is 0 Å². The topological polar surface area (TPSA) is 38.7 Å². The van der Waals surface area contributed by atoms with Crippen molar-refractivity contribution in [2.45, 2.75) is 50.4 Å². The van der Waals surface area contributed by atoms with Crippen LogP contribution in [0.5, 0.6) is 0 Å². The van der Waals surface area contributed by atoms with Crippen molar-refractivity contribution >= 4 is 0 Å². The predicted octanol–water partition coefficient (Wildman–Crippen LogP) is 1.44. The predicted molar refractivity (Wildman–Crippen MR) is 48.3 cm³/mol. The van der Waals surface area contributed by atoms with Gasteiger partial charge in [-0.3, -0.25) is 0 Å². The van der Waals surface area contributed by atoms with Crippen molar-refractivity contribution in [3.8, 4) is 0 Å². The summed E-state index contributed by atoms with van der Waals surface area (Å²) in [6, 6.07) is 0. The van der Waals surface area contributed by atoms with E-state index < -0.39 is 0 Å². The van der Waals surface area contributed by atoms with Gasteiger partial charge in [-0.1, -0.05) is 6.42 Å². The maximum Gasteiger partial charge on any atom is 0.168 e. The number of rotatable bonds is 1. The Labute approximate surface area is 79.0 Å². The van der Waals surface area contributed by atoms with Crippen LogP contribution >= 0.6 is 0 Å². The van der Waals surface area contributed by atoms with Crippen LogP contribution in [-0.4, -0.2) is 30.2 Å². The van der Waals surface area contributed by atoms with E-state index in [4.69, 9.17) is 14.6 Å². The Bertz CT molecular complexity index is 158. The van der Waals surface area contributed by atoms with Crippen molar-refractivity contribution in [1.29, 1.82) is 0 Å². The highest BCUT2D eigenvalue weighted by molar-refractivity contribution is 4.80. The summed E-state index contributed by atoms with van der Waals surface area (Å²) in [5, 5.41) is 9.02. The standard InChI is InChI=1S/C10H18O3/c11-8-9-4-7-12-10(13-9)5-2-1-3-6-10/h9,11H,1-8H2. The second-order valence-corrected chi connectivity index (χ2v) is 4.03. The highest BCUT2D eigenvalue weighted by atomic mass is 16.7. The van der Waals surface area contributed by atoms with E-state index in [0.717, 1.165) is 25.9 Å². The summed E-state index contributed by atoms with van der Waals surface area (Å²) < 4.78 is 11.5. The van der Waals surface area contributed by atoms with E-state index in [9.17, 15) is 0 Å². The first-order valence-electron chi connectivity index (χ1n) is 5.27. The van der Waals surface area contributed by atoms with Crippen LogP contribution in [0.1, 0.15) is 38.5 Å². The molecule has 1 saturated heterocycles. The largest absolute Gasteiger partial charge is 0.394 e. The third-order valence-electron chi connectivity index (χ3n) is 3.01. The lowest BCUT2D eigenvalue weighted by molar-refractivity contribution is -0.309. The summed E-state index contributed by atoms with van der Waals surface area (Å²) in [5.41, 5.74) is 0. The third kappa shape index (κ3) is 2.03. The molecule has 1 heterocycles. The molecule has 0 aromatic heterocycles. The summed E-state index contributed by atoms with van der Waals surface area (Å²) in [7, 11) is 0. The van der Waals surface area contributed by atoms with Gasteiger partial charge < -0.3 is 14.6 Å². The monoisotopic (exact) mass is 186 g/mol. The second kappa shape index (κ2) is 3.95. The van der Waals surface area contributed by atoms with Crippen molar-refractivity contribution in [2.75, 3.05) is 13.2 Å². The first-order valence-corrected chi connectivity index (χ1v) is 5.27. The van der Waals surface area contributed by atoms with Gasteiger partial charge in [-0.25, -0.2) is 0 Å². The van der Waals surface area contributed by atoms with Crippen LogP contribution in [0.3, 0.4) is 0 Å². The first-order chi connectivity index (χ1) is 6.35. The number of hydrogen-bond donors (Lipinski definition) is 1. The Balaban J connectivity index is 1.95. The van der Waals surface area contributed by atoms with Crippen LogP contribution in [0.4, 0.5) is 0 Å². The van der Waals surface area contributed by atoms with Crippen LogP contribution in [0.25, 0.3) is 0 Å². The molecule has 2 aliphatic rings. The van der Waals surface area contributed by atoms with Crippen LogP contribution < -0.4 is 0 Å². The Morgan fingerprint density at radius 3 is 2.69 bits per heavy atom. The highest BCUT2D eigenvalue weighted by Crippen LogP contribution is 2.36. The Kier molecular flexibility index (Phi) is 2.86. The summed E-state index contributed by atoms with van der Waals surface area (Å²) in [5.74, 6) is -0.329. The zero-order valence-electron chi connectivity index (χ0n) is 8.00. The fourth-order valence-corrected chi connectivity index (χ4v) is 2.25. The molecule has 0 bridgehead atoms. The van der Waals surface area contributed by atoms with Crippen molar-refractivity contribution in [1.82, 2.24) is 0 Å². The van der Waals surface area contributed by atoms with Crippen molar-refractivity contribution in [3.63, 3.8) is 0 Å². The molecule has 1 saturated carbocycles. The Morgan fingerprint density at radius 1 is 1.23 bits per heavy atom. The third-order valence-corrected chi connectivity index (χ3v) is 3.01. The summed E-state index contributed by atoms with van der Waals surface area (Å²) in [6.45, 7) is 0.871. The summed E-state index contributed by atoms with van der Waals surface area (Å²) >= 11 is 0. The maximum atomic E-state index is 9.02. The lowest BCUT2D eigenvalue weighted by Crippen LogP contribution is -2.47. The zero-order chi connectivity index (χ0) is 9.15. The van der Waals surface area contributed by atoms with Crippen molar-refractivity contribution in [2.24, 2.45) is 0 Å².